The minimum absolute atomic E-state index is 0.217. The molecule has 0 saturated carbocycles. The zero-order valence-electron chi connectivity index (χ0n) is 11.6. The fourth-order valence-corrected chi connectivity index (χ4v) is 1.95. The molecule has 0 spiro atoms. The third-order valence-corrected chi connectivity index (χ3v) is 3.00. The zero-order valence-corrected chi connectivity index (χ0v) is 11.6. The summed E-state index contributed by atoms with van der Waals surface area (Å²) >= 11 is 0. The first kappa shape index (κ1) is 15.0. The van der Waals surface area contributed by atoms with Crippen LogP contribution < -0.4 is 11.2 Å². The Morgan fingerprint density at radius 2 is 2.33 bits per heavy atom. The molecule has 1 aliphatic rings. The van der Waals surface area contributed by atoms with E-state index < -0.39 is 23.6 Å². The molecule has 112 valence electrons. The zero-order chi connectivity index (χ0) is 15.4. The third kappa shape index (κ3) is 3.22. The van der Waals surface area contributed by atoms with Gasteiger partial charge in [0, 0.05) is 29.0 Å². The normalized spacial score (nSPS) is 21.0. The lowest BCUT2D eigenvalue weighted by Gasteiger charge is -2.16. The van der Waals surface area contributed by atoms with E-state index in [0.29, 0.717) is 17.9 Å². The average molecular weight is 293 g/mol. The van der Waals surface area contributed by atoms with Crippen molar-refractivity contribution in [3.63, 3.8) is 0 Å². The molecule has 0 aromatic carbocycles. The van der Waals surface area contributed by atoms with E-state index in [0.717, 1.165) is 0 Å². The van der Waals surface area contributed by atoms with Crippen molar-refractivity contribution in [3.05, 3.63) is 54.8 Å². The van der Waals surface area contributed by atoms with Crippen LogP contribution >= 0.6 is 0 Å². The molecule has 1 N–H and O–H groups in total. The molecule has 2 heterocycles. The molecule has 0 amide bonds. The summed E-state index contributed by atoms with van der Waals surface area (Å²) in [5.41, 5.74) is 8.26. The molecule has 0 fully saturated rings. The molecule has 0 bridgehead atoms. The summed E-state index contributed by atoms with van der Waals surface area (Å²) in [4.78, 5) is 28.1. The molecule has 2 atom stereocenters. The monoisotopic (exact) mass is 293 g/mol. The van der Waals surface area contributed by atoms with E-state index in [-0.39, 0.29) is 6.61 Å². The van der Waals surface area contributed by atoms with Crippen LogP contribution in [0.1, 0.15) is 18.7 Å². The van der Waals surface area contributed by atoms with Gasteiger partial charge in [-0.05, 0) is 25.5 Å². The van der Waals surface area contributed by atoms with Crippen LogP contribution in [-0.2, 0) is 9.47 Å². The third-order valence-electron chi connectivity index (χ3n) is 3.00. The Hall–Kier alpha value is -2.35. The fraction of sp³-hybridized carbons (Fsp3) is 0.500. The van der Waals surface area contributed by atoms with E-state index in [1.54, 1.807) is 6.92 Å². The molecule has 0 aliphatic carbocycles. The summed E-state index contributed by atoms with van der Waals surface area (Å²) in [5, 5.41) is 3.55. The maximum absolute atomic E-state index is 11.8. The molecule has 2 rings (SSSR count). The molecular formula is C12H15N5O4. The number of nitrogens with one attached hydrogen (secondary N) is 1. The number of hydrogen-bond acceptors (Lipinski definition) is 5. The summed E-state index contributed by atoms with van der Waals surface area (Å²) in [6, 6.07) is 0. The van der Waals surface area contributed by atoms with Gasteiger partial charge >= 0.3 is 5.69 Å². The number of azide groups is 1. The molecule has 9 heteroatoms. The second kappa shape index (κ2) is 6.40. The summed E-state index contributed by atoms with van der Waals surface area (Å²) in [6.07, 6.45) is 1.63. The number of H-pyrrole nitrogens is 1. The highest BCUT2D eigenvalue weighted by Gasteiger charge is 2.28. The number of aryl methyl sites for hydroxylation is 1. The van der Waals surface area contributed by atoms with Gasteiger partial charge in [0.25, 0.3) is 5.56 Å². The van der Waals surface area contributed by atoms with Crippen LogP contribution in [0.4, 0.5) is 0 Å². The molecule has 9 nitrogen and oxygen atoms in total. The standard InChI is InChI=1S/C12H15N5O4/c1-3-20-6-9-8(15-16-13)4-10(21-9)17-5-7(2)11(18)14-12(17)19/h4-5,9-10H,3,6H2,1-2H3,(H,14,18,19)/t9-,10-/m1/s1. The van der Waals surface area contributed by atoms with Gasteiger partial charge in [-0.25, -0.2) is 4.79 Å². The van der Waals surface area contributed by atoms with Gasteiger partial charge in [0.1, 0.15) is 6.10 Å². The molecule has 1 aromatic heterocycles. The van der Waals surface area contributed by atoms with Crippen molar-refractivity contribution >= 4 is 0 Å². The van der Waals surface area contributed by atoms with Crippen molar-refractivity contribution in [2.24, 2.45) is 5.11 Å². The maximum atomic E-state index is 11.8. The van der Waals surface area contributed by atoms with Crippen molar-refractivity contribution in [1.82, 2.24) is 9.55 Å². The quantitative estimate of drug-likeness (QED) is 0.493. The highest BCUT2D eigenvalue weighted by atomic mass is 16.5. The number of hydrogen-bond donors (Lipinski definition) is 1. The molecule has 0 radical (unpaired) electrons. The smallest absolute Gasteiger partial charge is 0.330 e. The van der Waals surface area contributed by atoms with E-state index in [4.69, 9.17) is 15.0 Å². The summed E-state index contributed by atoms with van der Waals surface area (Å²) in [6.45, 7) is 4.12. The Balaban J connectivity index is 2.34. The summed E-state index contributed by atoms with van der Waals surface area (Å²) < 4.78 is 12.1. The Morgan fingerprint density at radius 3 is 3.00 bits per heavy atom. The van der Waals surface area contributed by atoms with E-state index in [1.165, 1.54) is 16.8 Å². The van der Waals surface area contributed by atoms with Crippen LogP contribution in [0.3, 0.4) is 0 Å². The van der Waals surface area contributed by atoms with Gasteiger partial charge in [0.2, 0.25) is 0 Å². The lowest BCUT2D eigenvalue weighted by molar-refractivity contribution is -0.0321. The van der Waals surface area contributed by atoms with Gasteiger partial charge in [-0.3, -0.25) is 14.3 Å². The second-order valence-corrected chi connectivity index (χ2v) is 4.43. The molecule has 1 aliphatic heterocycles. The van der Waals surface area contributed by atoms with Gasteiger partial charge in [0.05, 0.1) is 6.61 Å². The number of nitrogens with zero attached hydrogens (tertiary/aromatic N) is 4. The Kier molecular flexibility index (Phi) is 4.59. The first-order chi connectivity index (χ1) is 10.1. The van der Waals surface area contributed by atoms with Crippen molar-refractivity contribution in [1.29, 1.82) is 0 Å². The van der Waals surface area contributed by atoms with Crippen molar-refractivity contribution in [2.45, 2.75) is 26.2 Å². The predicted molar refractivity (Wildman–Crippen MR) is 73.7 cm³/mol. The highest BCUT2D eigenvalue weighted by molar-refractivity contribution is 5.15. The molecule has 0 unspecified atom stereocenters. The minimum atomic E-state index is -0.751. The van der Waals surface area contributed by atoms with Gasteiger partial charge in [-0.1, -0.05) is 5.11 Å². The number of aromatic nitrogens is 2. The molecular weight excluding hydrogens is 278 g/mol. The van der Waals surface area contributed by atoms with E-state index in [2.05, 4.69) is 15.0 Å². The molecule has 21 heavy (non-hydrogen) atoms. The fourth-order valence-electron chi connectivity index (χ4n) is 1.95. The maximum Gasteiger partial charge on any atom is 0.330 e. The number of aromatic amines is 1. The first-order valence-corrected chi connectivity index (χ1v) is 6.39. The SMILES string of the molecule is CCOC[C@H]1O[C@@H](n2cc(C)c(=O)[nH]c2=O)C=C1N=[N+]=[N-]. The van der Waals surface area contributed by atoms with Crippen molar-refractivity contribution in [2.75, 3.05) is 13.2 Å². The van der Waals surface area contributed by atoms with Gasteiger partial charge in [-0.2, -0.15) is 0 Å². The van der Waals surface area contributed by atoms with E-state index in [1.807, 2.05) is 6.92 Å². The predicted octanol–water partition coefficient (Wildman–Crippen LogP) is 0.973. The lowest BCUT2D eigenvalue weighted by atomic mass is 10.3. The number of ether oxygens (including phenoxy) is 2. The average Bonchev–Trinajstić information content (AvgIpc) is 2.84. The van der Waals surface area contributed by atoms with E-state index in [9.17, 15) is 9.59 Å². The van der Waals surface area contributed by atoms with Crippen LogP contribution in [0.25, 0.3) is 10.4 Å². The second-order valence-electron chi connectivity index (χ2n) is 4.43. The number of rotatable bonds is 5. The van der Waals surface area contributed by atoms with Crippen molar-refractivity contribution < 1.29 is 9.47 Å². The topological polar surface area (TPSA) is 122 Å². The van der Waals surface area contributed by atoms with E-state index >= 15 is 0 Å². The van der Waals surface area contributed by atoms with Crippen LogP contribution in [-0.4, -0.2) is 28.9 Å². The highest BCUT2D eigenvalue weighted by Crippen LogP contribution is 2.27. The minimum Gasteiger partial charge on any atom is -0.379 e. The summed E-state index contributed by atoms with van der Waals surface area (Å²) in [7, 11) is 0. The lowest BCUT2D eigenvalue weighted by Crippen LogP contribution is -2.33. The van der Waals surface area contributed by atoms with Crippen LogP contribution in [0, 0.1) is 6.92 Å². The Labute approximate surface area is 119 Å². The van der Waals surface area contributed by atoms with Gasteiger partial charge in [-0.15, -0.1) is 0 Å². The largest absolute Gasteiger partial charge is 0.379 e. The summed E-state index contributed by atoms with van der Waals surface area (Å²) in [5.74, 6) is 0. The molecule has 0 saturated heterocycles. The van der Waals surface area contributed by atoms with Gasteiger partial charge in [0.15, 0.2) is 6.23 Å². The van der Waals surface area contributed by atoms with Gasteiger partial charge < -0.3 is 9.47 Å². The Morgan fingerprint density at radius 1 is 1.57 bits per heavy atom. The first-order valence-electron chi connectivity index (χ1n) is 6.39. The Bertz CT molecular complexity index is 713. The molecule has 1 aromatic rings. The van der Waals surface area contributed by atoms with Crippen molar-refractivity contribution in [3.8, 4) is 0 Å². The van der Waals surface area contributed by atoms with Crippen LogP contribution in [0.15, 0.2) is 32.7 Å². The van der Waals surface area contributed by atoms with Crippen LogP contribution in [0.2, 0.25) is 0 Å². The van der Waals surface area contributed by atoms with Crippen LogP contribution in [0.5, 0.6) is 0 Å².